The molecule has 0 amide bonds. The Morgan fingerprint density at radius 2 is 2.11 bits per heavy atom. The summed E-state index contributed by atoms with van der Waals surface area (Å²) >= 11 is 0. The van der Waals surface area contributed by atoms with E-state index in [1.165, 1.54) is 0 Å². The fraction of sp³-hybridized carbons (Fsp3) is 1.00. The minimum Gasteiger partial charge on any atom is -0.309 e. The maximum atomic E-state index is 12.5. The standard InChI is InChI=1S/C7H14FN/c1-5(2)9-7-4-3-6(7)8/h5-7,9H,3-4H2,1-2H3. The molecule has 54 valence electrons. The van der Waals surface area contributed by atoms with Crippen LogP contribution in [-0.4, -0.2) is 18.3 Å². The van der Waals surface area contributed by atoms with Crippen molar-refractivity contribution in [2.24, 2.45) is 0 Å². The third kappa shape index (κ3) is 1.65. The molecule has 0 heterocycles. The second-order valence-electron chi connectivity index (χ2n) is 3.02. The van der Waals surface area contributed by atoms with Gasteiger partial charge in [-0.1, -0.05) is 13.8 Å². The molecule has 2 atom stereocenters. The molecule has 2 heteroatoms. The van der Waals surface area contributed by atoms with Crippen LogP contribution in [0.4, 0.5) is 4.39 Å². The smallest absolute Gasteiger partial charge is 0.115 e. The zero-order valence-corrected chi connectivity index (χ0v) is 6.02. The van der Waals surface area contributed by atoms with Gasteiger partial charge in [-0.2, -0.15) is 0 Å². The molecule has 9 heavy (non-hydrogen) atoms. The van der Waals surface area contributed by atoms with Gasteiger partial charge < -0.3 is 5.32 Å². The maximum Gasteiger partial charge on any atom is 0.115 e. The lowest BCUT2D eigenvalue weighted by Crippen LogP contribution is -2.48. The van der Waals surface area contributed by atoms with Crippen molar-refractivity contribution in [3.63, 3.8) is 0 Å². The predicted octanol–water partition coefficient (Wildman–Crippen LogP) is 1.48. The second kappa shape index (κ2) is 2.65. The van der Waals surface area contributed by atoms with Crippen LogP contribution in [0.2, 0.25) is 0 Å². The van der Waals surface area contributed by atoms with Gasteiger partial charge in [0.05, 0.1) is 0 Å². The Morgan fingerprint density at radius 3 is 2.22 bits per heavy atom. The Morgan fingerprint density at radius 1 is 1.44 bits per heavy atom. The van der Waals surface area contributed by atoms with Gasteiger partial charge in [-0.3, -0.25) is 0 Å². The first-order valence-electron chi connectivity index (χ1n) is 3.60. The number of hydrogen-bond donors (Lipinski definition) is 1. The third-order valence-electron chi connectivity index (χ3n) is 1.74. The number of alkyl halides is 1. The Balaban J connectivity index is 2.13. The van der Waals surface area contributed by atoms with E-state index in [9.17, 15) is 4.39 Å². The highest BCUT2D eigenvalue weighted by molar-refractivity contribution is 4.87. The molecule has 0 radical (unpaired) electrons. The summed E-state index contributed by atoms with van der Waals surface area (Å²) in [7, 11) is 0. The Bertz CT molecular complexity index is 92.9. The summed E-state index contributed by atoms with van der Waals surface area (Å²) in [6.45, 7) is 4.09. The van der Waals surface area contributed by atoms with E-state index in [0.717, 1.165) is 12.8 Å². The topological polar surface area (TPSA) is 12.0 Å². The third-order valence-corrected chi connectivity index (χ3v) is 1.74. The van der Waals surface area contributed by atoms with E-state index in [4.69, 9.17) is 0 Å². The maximum absolute atomic E-state index is 12.5. The molecule has 1 fully saturated rings. The predicted molar refractivity (Wildman–Crippen MR) is 36.2 cm³/mol. The van der Waals surface area contributed by atoms with E-state index in [1.54, 1.807) is 0 Å². The highest BCUT2D eigenvalue weighted by atomic mass is 19.1. The van der Waals surface area contributed by atoms with Gasteiger partial charge in [0.25, 0.3) is 0 Å². The summed E-state index contributed by atoms with van der Waals surface area (Å²) in [5.41, 5.74) is 0. The highest BCUT2D eigenvalue weighted by Crippen LogP contribution is 2.23. The minimum absolute atomic E-state index is 0.157. The number of hydrogen-bond acceptors (Lipinski definition) is 1. The normalized spacial score (nSPS) is 34.7. The summed E-state index contributed by atoms with van der Waals surface area (Å²) in [6.07, 6.45) is 1.19. The van der Waals surface area contributed by atoms with Gasteiger partial charge >= 0.3 is 0 Å². The summed E-state index contributed by atoms with van der Waals surface area (Å²) in [4.78, 5) is 0. The van der Waals surface area contributed by atoms with Crippen LogP contribution in [0.1, 0.15) is 26.7 Å². The molecule has 1 rings (SSSR count). The van der Waals surface area contributed by atoms with Gasteiger partial charge in [0.15, 0.2) is 0 Å². The molecule has 1 aliphatic rings. The van der Waals surface area contributed by atoms with Crippen molar-refractivity contribution in [2.75, 3.05) is 0 Å². The quantitative estimate of drug-likeness (QED) is 0.598. The summed E-state index contributed by atoms with van der Waals surface area (Å²) < 4.78 is 12.5. The minimum atomic E-state index is -0.576. The number of halogens is 1. The first-order chi connectivity index (χ1) is 4.20. The molecule has 0 aromatic carbocycles. The Kier molecular flexibility index (Phi) is 2.06. The summed E-state index contributed by atoms with van der Waals surface area (Å²) in [5, 5.41) is 3.15. The van der Waals surface area contributed by atoms with Crippen molar-refractivity contribution in [2.45, 2.75) is 44.9 Å². The SMILES string of the molecule is CC(C)NC1CCC1F. The van der Waals surface area contributed by atoms with Crippen molar-refractivity contribution < 1.29 is 4.39 Å². The number of nitrogens with one attached hydrogen (secondary N) is 1. The fourth-order valence-corrected chi connectivity index (χ4v) is 1.08. The van der Waals surface area contributed by atoms with Crippen molar-refractivity contribution in [1.82, 2.24) is 5.32 Å². The molecule has 1 N–H and O–H groups in total. The van der Waals surface area contributed by atoms with Crippen LogP contribution in [0.3, 0.4) is 0 Å². The average molecular weight is 131 g/mol. The fourth-order valence-electron chi connectivity index (χ4n) is 1.08. The summed E-state index contributed by atoms with van der Waals surface area (Å²) in [5.74, 6) is 0. The molecular weight excluding hydrogens is 117 g/mol. The molecule has 0 spiro atoms. The number of rotatable bonds is 2. The largest absolute Gasteiger partial charge is 0.309 e. The van der Waals surface area contributed by atoms with Crippen molar-refractivity contribution in [3.8, 4) is 0 Å². The molecule has 1 nitrogen and oxygen atoms in total. The van der Waals surface area contributed by atoms with Crippen LogP contribution >= 0.6 is 0 Å². The first-order valence-corrected chi connectivity index (χ1v) is 3.60. The molecule has 0 saturated heterocycles. The van der Waals surface area contributed by atoms with Gasteiger partial charge in [0, 0.05) is 12.1 Å². The van der Waals surface area contributed by atoms with E-state index in [1.807, 2.05) is 13.8 Å². The van der Waals surface area contributed by atoms with Crippen LogP contribution in [0.25, 0.3) is 0 Å². The lowest BCUT2D eigenvalue weighted by molar-refractivity contribution is 0.135. The zero-order chi connectivity index (χ0) is 6.85. The van der Waals surface area contributed by atoms with Gasteiger partial charge in [-0.25, -0.2) is 4.39 Å². The first kappa shape index (κ1) is 7.00. The van der Waals surface area contributed by atoms with E-state index < -0.39 is 6.17 Å². The van der Waals surface area contributed by atoms with Crippen LogP contribution in [-0.2, 0) is 0 Å². The van der Waals surface area contributed by atoms with Gasteiger partial charge in [-0.05, 0) is 12.8 Å². The molecule has 1 saturated carbocycles. The Labute approximate surface area is 55.6 Å². The van der Waals surface area contributed by atoms with Crippen LogP contribution < -0.4 is 5.32 Å². The molecule has 0 aromatic heterocycles. The molecular formula is C7H14FN. The van der Waals surface area contributed by atoms with Crippen LogP contribution in [0.15, 0.2) is 0 Å². The van der Waals surface area contributed by atoms with Crippen molar-refractivity contribution >= 4 is 0 Å². The zero-order valence-electron chi connectivity index (χ0n) is 6.02. The van der Waals surface area contributed by atoms with Gasteiger partial charge in [0.2, 0.25) is 0 Å². The van der Waals surface area contributed by atoms with Crippen molar-refractivity contribution in [3.05, 3.63) is 0 Å². The lowest BCUT2D eigenvalue weighted by atomic mass is 9.90. The van der Waals surface area contributed by atoms with Crippen LogP contribution in [0, 0.1) is 0 Å². The average Bonchev–Trinajstić information content (AvgIpc) is 1.79. The molecule has 0 aromatic rings. The monoisotopic (exact) mass is 131 g/mol. The van der Waals surface area contributed by atoms with E-state index in [2.05, 4.69) is 5.32 Å². The van der Waals surface area contributed by atoms with Crippen LogP contribution in [0.5, 0.6) is 0 Å². The van der Waals surface area contributed by atoms with E-state index in [-0.39, 0.29) is 6.04 Å². The summed E-state index contributed by atoms with van der Waals surface area (Å²) in [6, 6.07) is 0.582. The van der Waals surface area contributed by atoms with Gasteiger partial charge in [-0.15, -0.1) is 0 Å². The van der Waals surface area contributed by atoms with E-state index >= 15 is 0 Å². The molecule has 0 bridgehead atoms. The Hall–Kier alpha value is -0.110. The molecule has 0 aliphatic heterocycles. The molecule has 2 unspecified atom stereocenters. The van der Waals surface area contributed by atoms with Crippen molar-refractivity contribution in [1.29, 1.82) is 0 Å². The highest BCUT2D eigenvalue weighted by Gasteiger charge is 2.30. The second-order valence-corrected chi connectivity index (χ2v) is 3.02. The van der Waals surface area contributed by atoms with E-state index in [0.29, 0.717) is 6.04 Å². The van der Waals surface area contributed by atoms with Gasteiger partial charge in [0.1, 0.15) is 6.17 Å². The molecule has 1 aliphatic carbocycles. The lowest BCUT2D eigenvalue weighted by Gasteiger charge is -2.32.